The maximum Gasteiger partial charge on any atom is 0.238 e. The lowest BCUT2D eigenvalue weighted by molar-refractivity contribution is -0.137. The first-order chi connectivity index (χ1) is 12.1. The highest BCUT2D eigenvalue weighted by Crippen LogP contribution is 2.21. The number of aryl methyl sites for hydroxylation is 1. The van der Waals surface area contributed by atoms with E-state index < -0.39 is 0 Å². The third-order valence-corrected chi connectivity index (χ3v) is 5.79. The molecule has 136 valence electrons. The molecule has 1 N–H and O–H groups in total. The number of anilines is 1. The number of likely N-dealkylation sites (tertiary alicyclic amines) is 1. The van der Waals surface area contributed by atoms with Gasteiger partial charge in [0.25, 0.3) is 0 Å². The van der Waals surface area contributed by atoms with E-state index in [1.54, 1.807) is 0 Å². The van der Waals surface area contributed by atoms with E-state index in [4.69, 9.17) is 0 Å². The third-order valence-electron chi connectivity index (χ3n) is 4.85. The number of hydrogen-bond donors (Lipinski definition) is 1. The minimum Gasteiger partial charge on any atom is -0.341 e. The number of amides is 2. The zero-order valence-corrected chi connectivity index (χ0v) is 15.7. The Kier molecular flexibility index (Phi) is 6.37. The molecule has 1 unspecified atom stereocenters. The highest BCUT2D eigenvalue weighted by molar-refractivity contribution is 7.99. The topological polar surface area (TPSA) is 52.7 Å². The number of nitrogens with one attached hydrogen (secondary N) is 1. The molecule has 1 atom stereocenters. The Balaban J connectivity index is 1.50. The van der Waals surface area contributed by atoms with Gasteiger partial charge < -0.3 is 10.2 Å². The Bertz CT molecular complexity index is 616. The molecule has 5 nitrogen and oxygen atoms in total. The van der Waals surface area contributed by atoms with Gasteiger partial charge in [-0.15, -0.1) is 0 Å². The Hall–Kier alpha value is -1.53. The number of carbonyl (C=O) groups is 2. The average Bonchev–Trinajstić information content (AvgIpc) is 2.62. The Morgan fingerprint density at radius 3 is 2.80 bits per heavy atom. The van der Waals surface area contributed by atoms with Crippen LogP contribution in [-0.4, -0.2) is 65.8 Å². The summed E-state index contributed by atoms with van der Waals surface area (Å²) in [6.07, 6.45) is 1.93. The van der Waals surface area contributed by atoms with E-state index in [1.807, 2.05) is 47.9 Å². The molecule has 3 rings (SSSR count). The van der Waals surface area contributed by atoms with Gasteiger partial charge in [-0.05, 0) is 44.0 Å². The summed E-state index contributed by atoms with van der Waals surface area (Å²) in [5.41, 5.74) is 1.96. The quantitative estimate of drug-likeness (QED) is 0.893. The van der Waals surface area contributed by atoms with Gasteiger partial charge in [-0.25, -0.2) is 0 Å². The van der Waals surface area contributed by atoms with E-state index in [-0.39, 0.29) is 17.7 Å². The van der Waals surface area contributed by atoms with Crippen LogP contribution in [-0.2, 0) is 9.59 Å². The minimum atomic E-state index is -0.00642. The summed E-state index contributed by atoms with van der Waals surface area (Å²) in [5.74, 6) is 2.41. The van der Waals surface area contributed by atoms with E-state index >= 15 is 0 Å². The van der Waals surface area contributed by atoms with Crippen molar-refractivity contribution in [2.24, 2.45) is 5.92 Å². The maximum atomic E-state index is 12.7. The molecule has 0 aromatic heterocycles. The van der Waals surface area contributed by atoms with Crippen LogP contribution >= 0.6 is 11.8 Å². The first-order valence-corrected chi connectivity index (χ1v) is 10.2. The highest BCUT2D eigenvalue weighted by Gasteiger charge is 2.30. The molecular formula is C19H27N3O2S. The molecule has 2 aliphatic rings. The lowest BCUT2D eigenvalue weighted by Crippen LogP contribution is -2.48. The molecular weight excluding hydrogens is 334 g/mol. The minimum absolute atomic E-state index is 0.00642. The van der Waals surface area contributed by atoms with Gasteiger partial charge in [-0.1, -0.05) is 12.1 Å². The normalized spacial score (nSPS) is 21.8. The number of hydrogen-bond acceptors (Lipinski definition) is 4. The van der Waals surface area contributed by atoms with E-state index in [0.717, 1.165) is 55.2 Å². The number of thioether (sulfide) groups is 1. The smallest absolute Gasteiger partial charge is 0.238 e. The van der Waals surface area contributed by atoms with Gasteiger partial charge in [0.2, 0.25) is 11.8 Å². The van der Waals surface area contributed by atoms with Crippen LogP contribution in [0.5, 0.6) is 0 Å². The summed E-state index contributed by atoms with van der Waals surface area (Å²) in [6, 6.07) is 7.82. The van der Waals surface area contributed by atoms with Crippen molar-refractivity contribution < 1.29 is 9.59 Å². The number of nitrogens with zero attached hydrogens (tertiary/aromatic N) is 2. The molecule has 2 saturated heterocycles. The van der Waals surface area contributed by atoms with Crippen LogP contribution < -0.4 is 5.32 Å². The molecule has 0 radical (unpaired) electrons. The molecule has 25 heavy (non-hydrogen) atoms. The van der Waals surface area contributed by atoms with Crippen molar-refractivity contribution in [3.63, 3.8) is 0 Å². The zero-order valence-electron chi connectivity index (χ0n) is 14.9. The zero-order chi connectivity index (χ0) is 17.6. The van der Waals surface area contributed by atoms with Gasteiger partial charge in [-0.2, -0.15) is 11.8 Å². The van der Waals surface area contributed by atoms with Crippen molar-refractivity contribution >= 4 is 29.3 Å². The first-order valence-electron chi connectivity index (χ1n) is 9.07. The van der Waals surface area contributed by atoms with Gasteiger partial charge >= 0.3 is 0 Å². The molecule has 1 aromatic rings. The van der Waals surface area contributed by atoms with Crippen LogP contribution in [0.25, 0.3) is 0 Å². The van der Waals surface area contributed by atoms with Crippen molar-refractivity contribution in [1.82, 2.24) is 9.80 Å². The summed E-state index contributed by atoms with van der Waals surface area (Å²) in [6.45, 7) is 5.69. The molecule has 6 heteroatoms. The van der Waals surface area contributed by atoms with Crippen molar-refractivity contribution in [3.05, 3.63) is 29.8 Å². The largest absolute Gasteiger partial charge is 0.341 e. The fourth-order valence-corrected chi connectivity index (χ4v) is 4.47. The van der Waals surface area contributed by atoms with Gasteiger partial charge in [-0.3, -0.25) is 14.5 Å². The van der Waals surface area contributed by atoms with Gasteiger partial charge in [0, 0.05) is 36.8 Å². The van der Waals surface area contributed by atoms with E-state index in [1.165, 1.54) is 0 Å². The van der Waals surface area contributed by atoms with Crippen molar-refractivity contribution in [3.8, 4) is 0 Å². The monoisotopic (exact) mass is 361 g/mol. The molecule has 1 aromatic carbocycles. The van der Waals surface area contributed by atoms with Gasteiger partial charge in [0.15, 0.2) is 0 Å². The Labute approximate surface area is 154 Å². The average molecular weight is 362 g/mol. The summed E-state index contributed by atoms with van der Waals surface area (Å²) >= 11 is 1.92. The fourth-order valence-electron chi connectivity index (χ4n) is 3.57. The molecule has 2 fully saturated rings. The van der Waals surface area contributed by atoms with Crippen LogP contribution in [0, 0.1) is 12.8 Å². The molecule has 0 saturated carbocycles. The summed E-state index contributed by atoms with van der Waals surface area (Å²) in [7, 11) is 0. The molecule has 2 aliphatic heterocycles. The summed E-state index contributed by atoms with van der Waals surface area (Å²) in [4.78, 5) is 29.2. The lowest BCUT2D eigenvalue weighted by atomic mass is 9.96. The van der Waals surface area contributed by atoms with Crippen molar-refractivity contribution in [1.29, 1.82) is 0 Å². The van der Waals surface area contributed by atoms with Crippen molar-refractivity contribution in [2.75, 3.05) is 49.5 Å². The number of benzene rings is 1. The molecule has 2 heterocycles. The van der Waals surface area contributed by atoms with Crippen LogP contribution in [0.4, 0.5) is 5.69 Å². The Morgan fingerprint density at radius 1 is 1.24 bits per heavy atom. The number of piperidine rings is 1. The fraction of sp³-hybridized carbons (Fsp3) is 0.579. The highest BCUT2D eigenvalue weighted by atomic mass is 32.2. The van der Waals surface area contributed by atoms with Crippen LogP contribution in [0.1, 0.15) is 18.4 Å². The molecule has 0 bridgehead atoms. The first kappa shape index (κ1) is 18.3. The van der Waals surface area contributed by atoms with E-state index in [0.29, 0.717) is 13.1 Å². The Morgan fingerprint density at radius 2 is 2.04 bits per heavy atom. The van der Waals surface area contributed by atoms with Gasteiger partial charge in [0.1, 0.15) is 0 Å². The second-order valence-corrected chi connectivity index (χ2v) is 8.15. The second-order valence-electron chi connectivity index (χ2n) is 6.93. The second kappa shape index (κ2) is 8.72. The predicted octanol–water partition coefficient (Wildman–Crippen LogP) is 2.22. The summed E-state index contributed by atoms with van der Waals surface area (Å²) < 4.78 is 0. The SMILES string of the molecule is Cc1cccc(NC(=O)CN2CCCC(C(=O)N3CCSCC3)C2)c1. The van der Waals surface area contributed by atoms with Crippen LogP contribution in [0.2, 0.25) is 0 Å². The molecule has 2 amide bonds. The van der Waals surface area contributed by atoms with E-state index in [9.17, 15) is 9.59 Å². The van der Waals surface area contributed by atoms with Crippen molar-refractivity contribution in [2.45, 2.75) is 19.8 Å². The maximum absolute atomic E-state index is 12.7. The molecule has 0 aliphatic carbocycles. The lowest BCUT2D eigenvalue weighted by Gasteiger charge is -2.35. The standard InChI is InChI=1S/C19H27N3O2S/c1-15-4-2-6-17(12-15)20-18(23)14-21-7-3-5-16(13-21)19(24)22-8-10-25-11-9-22/h2,4,6,12,16H,3,5,7-11,13-14H2,1H3,(H,20,23). The van der Waals surface area contributed by atoms with Crippen LogP contribution in [0.15, 0.2) is 24.3 Å². The summed E-state index contributed by atoms with van der Waals surface area (Å²) in [5, 5.41) is 2.96. The van der Waals surface area contributed by atoms with E-state index in [2.05, 4.69) is 10.2 Å². The third kappa shape index (κ3) is 5.22. The number of carbonyl (C=O) groups excluding carboxylic acids is 2. The molecule has 0 spiro atoms. The van der Waals surface area contributed by atoms with Crippen LogP contribution in [0.3, 0.4) is 0 Å². The predicted molar refractivity (Wildman–Crippen MR) is 103 cm³/mol. The van der Waals surface area contributed by atoms with Gasteiger partial charge in [0.05, 0.1) is 12.5 Å². The number of rotatable bonds is 4.